The molecule has 2 aliphatic heterocycles. The number of aromatic nitrogens is 4. The number of fused-ring (bicyclic) bond motifs is 8. The largest absolute Gasteiger partial charge is 0.493 e. The molecule has 392 valence electrons. The van der Waals surface area contributed by atoms with Crippen LogP contribution in [0, 0.1) is 3.57 Å². The summed E-state index contributed by atoms with van der Waals surface area (Å²) in [6, 6.07) is 23.5. The van der Waals surface area contributed by atoms with Crippen LogP contribution in [-0.2, 0) is 0 Å². The number of H-pyrrole nitrogens is 2. The van der Waals surface area contributed by atoms with Crippen molar-refractivity contribution in [3.8, 4) is 45.3 Å². The van der Waals surface area contributed by atoms with E-state index in [-0.39, 0.29) is 0 Å². The smallest absolute Gasteiger partial charge is 0.123 e. The molecule has 2 aliphatic rings. The second kappa shape index (κ2) is 31.0. The summed E-state index contributed by atoms with van der Waals surface area (Å²) >= 11 is 2.45. The van der Waals surface area contributed by atoms with Crippen LogP contribution in [0.15, 0.2) is 66.7 Å². The zero-order valence-electron chi connectivity index (χ0n) is 44.9. The molecule has 8 bridgehead atoms. The van der Waals surface area contributed by atoms with E-state index in [1.807, 2.05) is 0 Å². The molecular formula is C64H85IN4O4. The van der Waals surface area contributed by atoms with Crippen molar-refractivity contribution in [3.63, 3.8) is 0 Å². The van der Waals surface area contributed by atoms with E-state index in [9.17, 15) is 0 Å². The Morgan fingerprint density at radius 1 is 0.370 bits per heavy atom. The summed E-state index contributed by atoms with van der Waals surface area (Å²) in [7, 11) is 0. The number of ether oxygens (including phenoxy) is 4. The highest BCUT2D eigenvalue weighted by atomic mass is 127. The number of hydrogen-bond donors (Lipinski definition) is 2. The normalized spacial score (nSPS) is 12.0. The molecule has 2 aromatic carbocycles. The van der Waals surface area contributed by atoms with Gasteiger partial charge in [0, 0.05) is 39.8 Å². The van der Waals surface area contributed by atoms with Crippen molar-refractivity contribution >= 4 is 69.0 Å². The molecule has 5 aromatic rings. The van der Waals surface area contributed by atoms with Crippen LogP contribution in [0.1, 0.15) is 205 Å². The van der Waals surface area contributed by atoms with E-state index in [4.69, 9.17) is 28.9 Å². The lowest BCUT2D eigenvalue weighted by molar-refractivity contribution is 0.289. The maximum Gasteiger partial charge on any atom is 0.123 e. The van der Waals surface area contributed by atoms with E-state index in [1.165, 1.54) is 128 Å². The van der Waals surface area contributed by atoms with Gasteiger partial charge in [-0.05, 0) is 138 Å². The fraction of sp³-hybridized carbons (Fsp3) is 0.500. The summed E-state index contributed by atoms with van der Waals surface area (Å²) in [5.41, 5.74) is 11.3. The molecule has 8 nitrogen and oxygen atoms in total. The number of nitrogens with one attached hydrogen (secondary N) is 2. The van der Waals surface area contributed by atoms with Gasteiger partial charge in [-0.2, -0.15) is 0 Å². The Hall–Kier alpha value is -5.03. The molecule has 73 heavy (non-hydrogen) atoms. The van der Waals surface area contributed by atoms with E-state index in [1.54, 1.807) is 0 Å². The Labute approximate surface area is 451 Å². The van der Waals surface area contributed by atoms with Crippen LogP contribution < -0.4 is 18.9 Å². The van der Waals surface area contributed by atoms with Gasteiger partial charge >= 0.3 is 0 Å². The highest BCUT2D eigenvalue weighted by molar-refractivity contribution is 14.1. The van der Waals surface area contributed by atoms with Crippen molar-refractivity contribution in [2.45, 2.75) is 182 Å². The average molecular weight is 1100 g/mol. The van der Waals surface area contributed by atoms with Crippen molar-refractivity contribution < 1.29 is 18.9 Å². The molecule has 0 spiro atoms. The fourth-order valence-electron chi connectivity index (χ4n) is 9.77. The first-order valence-corrected chi connectivity index (χ1v) is 29.6. The van der Waals surface area contributed by atoms with E-state index >= 15 is 0 Å². The summed E-state index contributed by atoms with van der Waals surface area (Å²) in [5.74, 6) is 3.28. The molecule has 0 unspecified atom stereocenters. The van der Waals surface area contributed by atoms with Crippen LogP contribution >= 0.6 is 22.6 Å². The van der Waals surface area contributed by atoms with Gasteiger partial charge in [-0.1, -0.05) is 156 Å². The molecule has 5 heterocycles. The maximum absolute atomic E-state index is 6.54. The maximum atomic E-state index is 6.54. The van der Waals surface area contributed by atoms with Gasteiger partial charge in [-0.3, -0.25) is 0 Å². The Bertz CT molecular complexity index is 2540. The molecule has 0 aliphatic carbocycles. The molecule has 0 fully saturated rings. The highest BCUT2D eigenvalue weighted by Crippen LogP contribution is 2.39. The summed E-state index contributed by atoms with van der Waals surface area (Å²) in [6.45, 7) is 11.8. The SMILES string of the molecule is CCCCCCCCOc1cc(OCCCCCCCC)cc(-c2c3nc(c(I)c4ccc([nH]4)c(-c4cc(OCCCCCCCC)cc(OCCCCCCCC)c4)c4nc(cc5ccc2[nH]5)C=C4)C=C3)c1. The molecule has 0 amide bonds. The Morgan fingerprint density at radius 3 is 1.21 bits per heavy atom. The number of hydrogen-bond acceptors (Lipinski definition) is 6. The van der Waals surface area contributed by atoms with E-state index in [2.05, 4.69) is 151 Å². The molecule has 0 atom stereocenters. The first-order chi connectivity index (χ1) is 36.0. The van der Waals surface area contributed by atoms with Crippen molar-refractivity contribution in [1.29, 1.82) is 0 Å². The van der Waals surface area contributed by atoms with E-state index in [0.717, 1.165) is 119 Å². The lowest BCUT2D eigenvalue weighted by Gasteiger charge is -2.14. The third-order valence-corrected chi connectivity index (χ3v) is 15.0. The van der Waals surface area contributed by atoms with Gasteiger partial charge in [0.25, 0.3) is 0 Å². The molecular weight excluding hydrogens is 1020 g/mol. The number of nitrogens with zero attached hydrogens (tertiary/aromatic N) is 2. The average Bonchev–Trinajstić information content (AvgIpc) is 4.25. The molecule has 9 heteroatoms. The monoisotopic (exact) mass is 1100 g/mol. The summed E-state index contributed by atoms with van der Waals surface area (Å²) in [4.78, 5) is 18.3. The predicted molar refractivity (Wildman–Crippen MR) is 318 cm³/mol. The minimum absolute atomic E-state index is 0.674. The second-order valence-electron chi connectivity index (χ2n) is 20.1. The van der Waals surface area contributed by atoms with Crippen molar-refractivity contribution in [2.75, 3.05) is 26.4 Å². The van der Waals surface area contributed by atoms with Gasteiger partial charge in [0.05, 0.1) is 58.3 Å². The summed E-state index contributed by atoms with van der Waals surface area (Å²) in [5, 5.41) is 0. The highest BCUT2D eigenvalue weighted by Gasteiger charge is 2.18. The van der Waals surface area contributed by atoms with Crippen LogP contribution in [0.4, 0.5) is 0 Å². The number of rotatable bonds is 34. The van der Waals surface area contributed by atoms with Crippen LogP contribution in [0.2, 0.25) is 0 Å². The first-order valence-electron chi connectivity index (χ1n) is 28.6. The van der Waals surface area contributed by atoms with Gasteiger partial charge in [-0.25, -0.2) is 9.97 Å². The standard InChI is InChI=1S/C64H85IN4O4/c1-5-9-13-17-21-25-37-70-52-41-48(42-53(46-52)71-38-26-22-18-14-10-6-2)62-56-31-29-50(66-56)45-51-30-32-57(67-51)63(59-34-36-61(69-59)64(65)60-35-33-58(62)68-60)49-43-54(72-39-27-23-19-15-11-7-3)47-55(44-49)73-40-28-24-20-16-12-8-4/h29-36,41-47,66,69H,5-28,37-40H2,1-4H3. The number of aromatic amines is 2. The van der Waals surface area contributed by atoms with E-state index < -0.39 is 0 Å². The van der Waals surface area contributed by atoms with E-state index in [0.29, 0.717) is 26.4 Å². The lowest BCUT2D eigenvalue weighted by Crippen LogP contribution is -2.01. The molecule has 0 saturated heterocycles. The Kier molecular flexibility index (Phi) is 23.7. The Morgan fingerprint density at radius 2 is 0.740 bits per heavy atom. The van der Waals surface area contributed by atoms with Crippen LogP contribution in [-0.4, -0.2) is 46.4 Å². The van der Waals surface area contributed by atoms with Gasteiger partial charge in [0.2, 0.25) is 0 Å². The van der Waals surface area contributed by atoms with Gasteiger partial charge in [-0.15, -0.1) is 0 Å². The first kappa shape index (κ1) is 55.7. The predicted octanol–water partition coefficient (Wildman–Crippen LogP) is 19.6. The molecule has 3 aromatic heterocycles. The van der Waals surface area contributed by atoms with Crippen LogP contribution in [0.3, 0.4) is 0 Å². The van der Waals surface area contributed by atoms with Gasteiger partial charge < -0.3 is 28.9 Å². The molecule has 7 rings (SSSR count). The zero-order valence-corrected chi connectivity index (χ0v) is 47.0. The number of halogens is 1. The van der Waals surface area contributed by atoms with Crippen molar-refractivity contribution in [2.24, 2.45) is 0 Å². The minimum Gasteiger partial charge on any atom is -0.493 e. The number of unbranched alkanes of at least 4 members (excludes halogenated alkanes) is 20. The zero-order chi connectivity index (χ0) is 50.9. The minimum atomic E-state index is 0.674. The molecule has 0 radical (unpaired) electrons. The number of benzene rings is 2. The van der Waals surface area contributed by atoms with Crippen molar-refractivity contribution in [1.82, 2.24) is 19.9 Å². The van der Waals surface area contributed by atoms with Crippen LogP contribution in [0.5, 0.6) is 23.0 Å². The topological polar surface area (TPSA) is 94.3 Å². The van der Waals surface area contributed by atoms with Crippen LogP contribution in [0.25, 0.3) is 68.6 Å². The lowest BCUT2D eigenvalue weighted by atomic mass is 10.0. The van der Waals surface area contributed by atoms with Gasteiger partial charge in [0.1, 0.15) is 23.0 Å². The summed E-state index contributed by atoms with van der Waals surface area (Å²) in [6.07, 6.45) is 37.7. The second-order valence-corrected chi connectivity index (χ2v) is 21.2. The summed E-state index contributed by atoms with van der Waals surface area (Å²) < 4.78 is 27.2. The van der Waals surface area contributed by atoms with Gasteiger partial charge in [0.15, 0.2) is 0 Å². The third-order valence-electron chi connectivity index (χ3n) is 13.9. The molecule has 2 N–H and O–H groups in total. The Balaban J connectivity index is 1.27. The third kappa shape index (κ3) is 17.5. The van der Waals surface area contributed by atoms with Crippen molar-refractivity contribution in [3.05, 3.63) is 93.1 Å². The quantitative estimate of drug-likeness (QED) is 0.0308. The molecule has 0 saturated carbocycles. The fourth-order valence-corrected chi connectivity index (χ4v) is 10.4.